The van der Waals surface area contributed by atoms with E-state index in [1.54, 1.807) is 60.7 Å². The molecule has 2 N–H and O–H groups in total. The van der Waals surface area contributed by atoms with E-state index < -0.39 is 24.4 Å². The molecule has 134 valence electrons. The summed E-state index contributed by atoms with van der Waals surface area (Å²) in [6.07, 6.45) is -0.132. The third kappa shape index (κ3) is 6.20. The molecule has 0 aromatic heterocycles. The van der Waals surface area contributed by atoms with Gasteiger partial charge in [-0.1, -0.05) is 48.5 Å². The Morgan fingerprint density at radius 2 is 1.31 bits per heavy atom. The smallest absolute Gasteiger partial charge is 0.306 e. The van der Waals surface area contributed by atoms with Gasteiger partial charge in [-0.3, -0.25) is 30.0 Å². The number of amides is 2. The van der Waals surface area contributed by atoms with E-state index in [1.807, 2.05) is 0 Å². The largest absolute Gasteiger partial charge is 0.455 e. The van der Waals surface area contributed by atoms with Gasteiger partial charge in [-0.2, -0.15) is 0 Å². The molecule has 0 heterocycles. The minimum Gasteiger partial charge on any atom is -0.455 e. The predicted molar refractivity (Wildman–Crippen MR) is 93.0 cm³/mol. The maximum atomic E-state index is 11.9. The quantitative estimate of drug-likeness (QED) is 0.447. The van der Waals surface area contributed by atoms with E-state index in [2.05, 4.69) is 10.9 Å². The average Bonchev–Trinajstić information content (AvgIpc) is 2.69. The molecule has 7 heteroatoms. The number of esters is 1. The fraction of sp³-hybridized carbons (Fsp3) is 0.158. The molecule has 7 nitrogen and oxygen atoms in total. The van der Waals surface area contributed by atoms with Crippen LogP contribution in [0.2, 0.25) is 0 Å². The molecule has 0 aliphatic carbocycles. The highest BCUT2D eigenvalue weighted by atomic mass is 16.5. The molecular weight excluding hydrogens is 336 g/mol. The first-order valence-corrected chi connectivity index (χ1v) is 7.94. The van der Waals surface area contributed by atoms with Crippen LogP contribution in [0.15, 0.2) is 60.7 Å². The van der Waals surface area contributed by atoms with Crippen molar-refractivity contribution >= 4 is 23.6 Å². The van der Waals surface area contributed by atoms with Crippen molar-refractivity contribution in [1.82, 2.24) is 10.9 Å². The Morgan fingerprint density at radius 1 is 0.731 bits per heavy atom. The Morgan fingerprint density at radius 3 is 1.92 bits per heavy atom. The Balaban J connectivity index is 1.65. The maximum Gasteiger partial charge on any atom is 0.306 e. The Kier molecular flexibility index (Phi) is 7.05. The van der Waals surface area contributed by atoms with Crippen molar-refractivity contribution in [2.45, 2.75) is 12.8 Å². The zero-order valence-electron chi connectivity index (χ0n) is 13.9. The van der Waals surface area contributed by atoms with E-state index in [9.17, 15) is 19.2 Å². The molecule has 2 aromatic rings. The number of carbonyl (C=O) groups excluding carboxylic acids is 4. The molecule has 2 amide bonds. The Hall–Kier alpha value is -3.48. The molecule has 0 aliphatic rings. The van der Waals surface area contributed by atoms with E-state index in [0.29, 0.717) is 11.1 Å². The summed E-state index contributed by atoms with van der Waals surface area (Å²) >= 11 is 0. The fourth-order valence-electron chi connectivity index (χ4n) is 2.03. The van der Waals surface area contributed by atoms with Gasteiger partial charge < -0.3 is 4.74 Å². The van der Waals surface area contributed by atoms with Gasteiger partial charge in [0.1, 0.15) is 0 Å². The lowest BCUT2D eigenvalue weighted by molar-refractivity contribution is -0.148. The molecule has 26 heavy (non-hydrogen) atoms. The summed E-state index contributed by atoms with van der Waals surface area (Å²) in [6.45, 7) is -0.548. The topological polar surface area (TPSA) is 102 Å². The number of carbonyl (C=O) groups is 4. The first-order chi connectivity index (χ1) is 12.6. The number of benzene rings is 2. The van der Waals surface area contributed by atoms with E-state index in [4.69, 9.17) is 4.74 Å². The van der Waals surface area contributed by atoms with Crippen molar-refractivity contribution in [2.75, 3.05) is 6.61 Å². The zero-order valence-corrected chi connectivity index (χ0v) is 13.9. The minimum absolute atomic E-state index is 0.00475. The van der Waals surface area contributed by atoms with Crippen molar-refractivity contribution in [2.24, 2.45) is 0 Å². The summed E-state index contributed by atoms with van der Waals surface area (Å²) in [5.41, 5.74) is 5.25. The number of ketones is 1. The number of hydrogen-bond donors (Lipinski definition) is 2. The summed E-state index contributed by atoms with van der Waals surface area (Å²) in [4.78, 5) is 46.8. The molecule has 0 atom stereocenters. The average molecular weight is 354 g/mol. The van der Waals surface area contributed by atoms with Gasteiger partial charge >= 0.3 is 5.97 Å². The number of rotatable bonds is 7. The predicted octanol–water partition coefficient (Wildman–Crippen LogP) is 1.65. The second-order valence-corrected chi connectivity index (χ2v) is 5.32. The van der Waals surface area contributed by atoms with Gasteiger partial charge in [0.05, 0.1) is 6.42 Å². The van der Waals surface area contributed by atoms with Crippen LogP contribution in [0, 0.1) is 0 Å². The lowest BCUT2D eigenvalue weighted by atomic mass is 10.1. The van der Waals surface area contributed by atoms with Gasteiger partial charge in [0.2, 0.25) is 0 Å². The lowest BCUT2D eigenvalue weighted by Crippen LogP contribution is -2.43. The van der Waals surface area contributed by atoms with Crippen LogP contribution in [-0.2, 0) is 14.3 Å². The molecule has 0 bridgehead atoms. The normalized spacial score (nSPS) is 9.85. The molecular formula is C19H18N2O5. The third-order valence-electron chi connectivity index (χ3n) is 3.37. The molecule has 2 aromatic carbocycles. The lowest BCUT2D eigenvalue weighted by Gasteiger charge is -2.08. The molecule has 0 aliphatic heterocycles. The van der Waals surface area contributed by atoms with Crippen LogP contribution in [0.25, 0.3) is 0 Å². The van der Waals surface area contributed by atoms with Crippen molar-refractivity contribution in [1.29, 1.82) is 0 Å². The first kappa shape index (κ1) is 18.9. The van der Waals surface area contributed by atoms with Gasteiger partial charge in [-0.25, -0.2) is 0 Å². The van der Waals surface area contributed by atoms with Gasteiger partial charge in [-0.15, -0.1) is 0 Å². The molecule has 0 saturated carbocycles. The van der Waals surface area contributed by atoms with Crippen molar-refractivity contribution < 1.29 is 23.9 Å². The molecule has 0 saturated heterocycles. The zero-order chi connectivity index (χ0) is 18.8. The number of nitrogens with one attached hydrogen (secondary N) is 2. The summed E-state index contributed by atoms with van der Waals surface area (Å²) in [7, 11) is 0. The van der Waals surface area contributed by atoms with Gasteiger partial charge in [0.15, 0.2) is 12.4 Å². The summed E-state index contributed by atoms with van der Waals surface area (Å²) in [5.74, 6) is -2.02. The number of hydrogen-bond acceptors (Lipinski definition) is 5. The number of Topliss-reactive ketones (excluding diaryl/α,β-unsaturated/α-hetero) is 1. The van der Waals surface area contributed by atoms with E-state index >= 15 is 0 Å². The van der Waals surface area contributed by atoms with Gasteiger partial charge in [-0.05, 0) is 12.1 Å². The first-order valence-electron chi connectivity index (χ1n) is 7.94. The van der Waals surface area contributed by atoms with Crippen LogP contribution in [-0.4, -0.2) is 30.2 Å². The highest BCUT2D eigenvalue weighted by Gasteiger charge is 2.12. The molecule has 2 rings (SSSR count). The summed E-state index contributed by atoms with van der Waals surface area (Å²) in [6, 6.07) is 16.9. The number of hydrazine groups is 1. The monoisotopic (exact) mass is 354 g/mol. The standard InChI is InChI=1S/C19H18N2O5/c22-16(14-7-3-1-4-8-14)11-12-18(24)26-13-17(23)20-21-19(25)15-9-5-2-6-10-15/h1-10H,11-13H2,(H,20,23)(H,21,25). The SMILES string of the molecule is O=C(COC(=O)CCC(=O)c1ccccc1)NNC(=O)c1ccccc1. The van der Waals surface area contributed by atoms with Crippen LogP contribution < -0.4 is 10.9 Å². The van der Waals surface area contributed by atoms with E-state index in [-0.39, 0.29) is 18.6 Å². The van der Waals surface area contributed by atoms with Crippen molar-refractivity contribution in [3.63, 3.8) is 0 Å². The van der Waals surface area contributed by atoms with Crippen LogP contribution in [0.3, 0.4) is 0 Å². The van der Waals surface area contributed by atoms with Crippen LogP contribution in [0.1, 0.15) is 33.6 Å². The van der Waals surface area contributed by atoms with Crippen LogP contribution in [0.5, 0.6) is 0 Å². The van der Waals surface area contributed by atoms with Crippen molar-refractivity contribution in [3.05, 3.63) is 71.8 Å². The highest BCUT2D eigenvalue weighted by molar-refractivity contribution is 5.97. The molecule has 0 radical (unpaired) electrons. The van der Waals surface area contributed by atoms with Crippen molar-refractivity contribution in [3.8, 4) is 0 Å². The Labute approximate surface area is 150 Å². The molecule has 0 spiro atoms. The van der Waals surface area contributed by atoms with E-state index in [1.165, 1.54) is 0 Å². The highest BCUT2D eigenvalue weighted by Crippen LogP contribution is 2.05. The number of ether oxygens (including phenoxy) is 1. The van der Waals surface area contributed by atoms with E-state index in [0.717, 1.165) is 0 Å². The maximum absolute atomic E-state index is 11.9. The van der Waals surface area contributed by atoms with Gasteiger partial charge in [0.25, 0.3) is 11.8 Å². The Bertz CT molecular complexity index is 708. The van der Waals surface area contributed by atoms with Crippen LogP contribution >= 0.6 is 0 Å². The minimum atomic E-state index is -0.683. The summed E-state index contributed by atoms with van der Waals surface area (Å²) in [5, 5.41) is 0. The third-order valence-corrected chi connectivity index (χ3v) is 3.37. The fourth-order valence-corrected chi connectivity index (χ4v) is 2.03. The van der Waals surface area contributed by atoms with Gasteiger partial charge in [0, 0.05) is 17.5 Å². The second kappa shape index (κ2) is 9.73. The summed E-state index contributed by atoms with van der Waals surface area (Å²) < 4.78 is 4.77. The molecule has 0 unspecified atom stereocenters. The van der Waals surface area contributed by atoms with Crippen LogP contribution in [0.4, 0.5) is 0 Å². The second-order valence-electron chi connectivity index (χ2n) is 5.32. The molecule has 0 fully saturated rings.